The van der Waals surface area contributed by atoms with Crippen LogP contribution < -0.4 is 4.74 Å². The molecule has 0 unspecified atom stereocenters. The van der Waals surface area contributed by atoms with Crippen LogP contribution in [0.2, 0.25) is 0 Å². The monoisotopic (exact) mass is 314 g/mol. The minimum Gasteiger partial charge on any atom is -0.483 e. The van der Waals surface area contributed by atoms with Crippen LogP contribution in [0.4, 0.5) is 0 Å². The van der Waals surface area contributed by atoms with E-state index < -0.39 is 10.1 Å². The Morgan fingerprint density at radius 2 is 2.15 bits per heavy atom. The van der Waals surface area contributed by atoms with Crippen molar-refractivity contribution in [3.05, 3.63) is 24.3 Å². The molecule has 0 radical (unpaired) electrons. The Labute approximate surface area is 89.8 Å². The van der Waals surface area contributed by atoms with E-state index in [2.05, 4.69) is 0 Å². The average molecular weight is 314 g/mol. The molecule has 72 valence electrons. The Hall–Kier alpha value is -0.340. The maximum absolute atomic E-state index is 10.7. The standard InChI is InChI=1S/C7H7IO4S/c8-5-12-6-2-1-3-7(4-6)13(9,10)11/h1-4H,5H2,(H,9,10,11). The highest BCUT2D eigenvalue weighted by atomic mass is 127. The molecule has 0 fully saturated rings. The molecule has 0 aliphatic rings. The Morgan fingerprint density at radius 1 is 1.46 bits per heavy atom. The molecule has 1 rings (SSSR count). The fourth-order valence-corrected chi connectivity index (χ4v) is 1.66. The molecule has 6 heteroatoms. The van der Waals surface area contributed by atoms with Gasteiger partial charge in [0.15, 0.2) is 0 Å². The van der Waals surface area contributed by atoms with E-state index in [0.717, 1.165) is 0 Å². The number of hydrogen-bond acceptors (Lipinski definition) is 3. The molecule has 0 aliphatic heterocycles. The minimum absolute atomic E-state index is 0.158. The van der Waals surface area contributed by atoms with Gasteiger partial charge in [0.2, 0.25) is 0 Å². The Kier molecular flexibility index (Phi) is 3.51. The summed E-state index contributed by atoms with van der Waals surface area (Å²) in [6, 6.07) is 5.70. The van der Waals surface area contributed by atoms with E-state index in [-0.39, 0.29) is 4.90 Å². The van der Waals surface area contributed by atoms with Gasteiger partial charge in [-0.05, 0) is 34.7 Å². The van der Waals surface area contributed by atoms with Crippen molar-refractivity contribution in [3.63, 3.8) is 0 Å². The second kappa shape index (κ2) is 4.25. The van der Waals surface area contributed by atoms with Crippen molar-refractivity contribution in [2.75, 3.05) is 4.61 Å². The van der Waals surface area contributed by atoms with Gasteiger partial charge < -0.3 is 4.74 Å². The fraction of sp³-hybridized carbons (Fsp3) is 0.143. The first-order valence-corrected chi connectivity index (χ1v) is 6.27. The molecule has 1 N–H and O–H groups in total. The third-order valence-corrected chi connectivity index (χ3v) is 2.49. The first-order valence-electron chi connectivity index (χ1n) is 3.30. The molecule has 0 aromatic heterocycles. The molecule has 0 atom stereocenters. The summed E-state index contributed by atoms with van der Waals surface area (Å²) in [5.41, 5.74) is 0. The molecular weight excluding hydrogens is 307 g/mol. The summed E-state index contributed by atoms with van der Waals surface area (Å²) >= 11 is 1.99. The SMILES string of the molecule is O=S(=O)(O)c1cccc(OCI)c1. The fourth-order valence-electron chi connectivity index (χ4n) is 0.787. The van der Waals surface area contributed by atoms with Crippen molar-refractivity contribution >= 4 is 32.7 Å². The third-order valence-electron chi connectivity index (χ3n) is 1.32. The number of alkyl halides is 1. The lowest BCUT2D eigenvalue weighted by atomic mass is 10.3. The zero-order chi connectivity index (χ0) is 9.90. The molecule has 0 amide bonds. The van der Waals surface area contributed by atoms with Crippen LogP contribution in [0, 0.1) is 0 Å². The zero-order valence-corrected chi connectivity index (χ0v) is 9.45. The molecule has 0 aliphatic carbocycles. The molecule has 4 nitrogen and oxygen atoms in total. The van der Waals surface area contributed by atoms with Crippen LogP contribution in [-0.2, 0) is 10.1 Å². The molecule has 0 saturated carbocycles. The first kappa shape index (κ1) is 10.7. The van der Waals surface area contributed by atoms with Gasteiger partial charge in [-0.3, -0.25) is 4.55 Å². The zero-order valence-electron chi connectivity index (χ0n) is 6.47. The number of ether oxygens (including phenoxy) is 1. The molecule has 0 saturated heterocycles. The summed E-state index contributed by atoms with van der Waals surface area (Å²) in [5, 5.41) is 0. The van der Waals surface area contributed by atoms with E-state index in [1.165, 1.54) is 18.2 Å². The van der Waals surface area contributed by atoms with Crippen molar-refractivity contribution in [3.8, 4) is 5.75 Å². The normalized spacial score (nSPS) is 11.2. The van der Waals surface area contributed by atoms with Crippen LogP contribution >= 0.6 is 22.6 Å². The van der Waals surface area contributed by atoms with Crippen molar-refractivity contribution < 1.29 is 17.7 Å². The maximum atomic E-state index is 10.7. The van der Waals surface area contributed by atoms with Gasteiger partial charge in [-0.15, -0.1) is 0 Å². The van der Waals surface area contributed by atoms with Gasteiger partial charge in [-0.2, -0.15) is 8.42 Å². The number of hydrogen-bond donors (Lipinski definition) is 1. The van der Waals surface area contributed by atoms with Crippen LogP contribution in [0.1, 0.15) is 0 Å². The highest BCUT2D eigenvalue weighted by Crippen LogP contribution is 2.17. The topological polar surface area (TPSA) is 63.6 Å². The van der Waals surface area contributed by atoms with Crippen molar-refractivity contribution in [1.82, 2.24) is 0 Å². The molecule has 1 aromatic carbocycles. The molecule has 1 aromatic rings. The Balaban J connectivity index is 3.06. The summed E-state index contributed by atoms with van der Waals surface area (Å²) in [5.74, 6) is 0.421. The van der Waals surface area contributed by atoms with Crippen LogP contribution in [0.25, 0.3) is 0 Å². The molecule has 0 spiro atoms. The summed E-state index contributed by atoms with van der Waals surface area (Å²) in [4.78, 5) is -0.158. The Bertz CT molecular complexity index is 387. The Morgan fingerprint density at radius 3 is 2.69 bits per heavy atom. The minimum atomic E-state index is -4.13. The largest absolute Gasteiger partial charge is 0.483 e. The lowest BCUT2D eigenvalue weighted by Gasteiger charge is -2.02. The highest BCUT2D eigenvalue weighted by molar-refractivity contribution is 14.1. The summed E-state index contributed by atoms with van der Waals surface area (Å²) in [6.07, 6.45) is 0. The molecule has 13 heavy (non-hydrogen) atoms. The van der Waals surface area contributed by atoms with E-state index in [9.17, 15) is 8.42 Å². The van der Waals surface area contributed by atoms with E-state index in [4.69, 9.17) is 9.29 Å². The lowest BCUT2D eigenvalue weighted by molar-refractivity contribution is 0.402. The average Bonchev–Trinajstić information content (AvgIpc) is 2.04. The number of rotatable bonds is 3. The van der Waals surface area contributed by atoms with Gasteiger partial charge in [0.1, 0.15) is 10.4 Å². The van der Waals surface area contributed by atoms with Gasteiger partial charge in [-0.1, -0.05) is 6.07 Å². The first-order chi connectivity index (χ1) is 6.04. The van der Waals surface area contributed by atoms with Gasteiger partial charge in [0.25, 0.3) is 10.1 Å². The van der Waals surface area contributed by atoms with E-state index in [0.29, 0.717) is 10.4 Å². The second-order valence-corrected chi connectivity index (χ2v) is 4.25. The predicted octanol–water partition coefficient (Wildman–Crippen LogP) is 1.70. The van der Waals surface area contributed by atoms with Gasteiger partial charge in [-0.25, -0.2) is 0 Å². The van der Waals surface area contributed by atoms with Crippen molar-refractivity contribution in [1.29, 1.82) is 0 Å². The lowest BCUT2D eigenvalue weighted by Crippen LogP contribution is -1.98. The van der Waals surface area contributed by atoms with Gasteiger partial charge in [0, 0.05) is 6.07 Å². The summed E-state index contributed by atoms with van der Waals surface area (Å²) in [7, 11) is -4.13. The van der Waals surface area contributed by atoms with E-state index in [1.54, 1.807) is 6.07 Å². The third kappa shape index (κ3) is 3.12. The number of halogens is 1. The number of benzene rings is 1. The quantitative estimate of drug-likeness (QED) is 0.524. The van der Waals surface area contributed by atoms with Gasteiger partial charge in [0.05, 0.1) is 4.90 Å². The molecular formula is C7H7IO4S. The van der Waals surface area contributed by atoms with Crippen molar-refractivity contribution in [2.24, 2.45) is 0 Å². The van der Waals surface area contributed by atoms with Gasteiger partial charge >= 0.3 is 0 Å². The summed E-state index contributed by atoms with van der Waals surface area (Å²) < 4.78 is 35.5. The highest BCUT2D eigenvalue weighted by Gasteiger charge is 2.09. The van der Waals surface area contributed by atoms with Crippen LogP contribution in [-0.4, -0.2) is 17.6 Å². The maximum Gasteiger partial charge on any atom is 0.294 e. The van der Waals surface area contributed by atoms with Crippen LogP contribution in [0.15, 0.2) is 29.2 Å². The van der Waals surface area contributed by atoms with E-state index in [1.807, 2.05) is 22.6 Å². The summed E-state index contributed by atoms with van der Waals surface area (Å²) in [6.45, 7) is 0. The van der Waals surface area contributed by atoms with E-state index >= 15 is 0 Å². The van der Waals surface area contributed by atoms with Crippen LogP contribution in [0.3, 0.4) is 0 Å². The predicted molar refractivity (Wildman–Crippen MR) is 55.8 cm³/mol. The molecule has 0 heterocycles. The molecule has 0 bridgehead atoms. The second-order valence-electron chi connectivity index (χ2n) is 2.20. The van der Waals surface area contributed by atoms with Crippen LogP contribution in [0.5, 0.6) is 5.75 Å². The smallest absolute Gasteiger partial charge is 0.294 e. The van der Waals surface area contributed by atoms with Crippen molar-refractivity contribution in [2.45, 2.75) is 4.90 Å².